The van der Waals surface area contributed by atoms with E-state index in [0.29, 0.717) is 5.92 Å². The third-order valence-electron chi connectivity index (χ3n) is 1.43. The Morgan fingerprint density at radius 1 is 1.45 bits per heavy atom. The fourth-order valence-corrected chi connectivity index (χ4v) is 1.60. The first-order valence-electron chi connectivity index (χ1n) is 3.52. The van der Waals surface area contributed by atoms with Crippen molar-refractivity contribution in [1.29, 1.82) is 0 Å². The van der Waals surface area contributed by atoms with Crippen LogP contribution in [-0.2, 0) is 4.57 Å². The van der Waals surface area contributed by atoms with E-state index in [-0.39, 0.29) is 17.4 Å². The van der Waals surface area contributed by atoms with Crippen LogP contribution in [0.25, 0.3) is 0 Å². The average molecular weight is 193 g/mol. The number of rotatable bonds is 3. The lowest BCUT2D eigenvalue weighted by Crippen LogP contribution is -2.16. The van der Waals surface area contributed by atoms with Gasteiger partial charge >= 0.3 is 8.03 Å². The largest absolute Gasteiger partial charge is 0.511 e. The molecule has 0 saturated carbocycles. The van der Waals surface area contributed by atoms with Crippen molar-refractivity contribution in [1.82, 2.24) is 0 Å². The second kappa shape index (κ2) is 5.28. The Morgan fingerprint density at radius 2 is 1.82 bits per heavy atom. The van der Waals surface area contributed by atoms with Gasteiger partial charge in [0, 0.05) is 6.42 Å². The van der Waals surface area contributed by atoms with Crippen molar-refractivity contribution in [3.8, 4) is 0 Å². The summed E-state index contributed by atoms with van der Waals surface area (Å²) in [4.78, 5) is 8.84. The van der Waals surface area contributed by atoms with Crippen molar-refractivity contribution in [2.24, 2.45) is 5.92 Å². The molecule has 0 aliphatic carbocycles. The van der Waals surface area contributed by atoms with Crippen LogP contribution >= 0.6 is 8.03 Å². The van der Waals surface area contributed by atoms with Crippen molar-refractivity contribution in [2.75, 3.05) is 0 Å². The van der Waals surface area contributed by atoms with Gasteiger partial charge in [0.15, 0.2) is 22.5 Å². The molecule has 2 nitrogen and oxygen atoms in total. The highest BCUT2D eigenvalue weighted by Gasteiger charge is 2.39. The monoisotopic (exact) mass is 193 g/mol. The van der Waals surface area contributed by atoms with Crippen molar-refractivity contribution in [3.63, 3.8) is 0 Å². The molecule has 0 amide bonds. The van der Waals surface area contributed by atoms with Crippen molar-refractivity contribution in [3.05, 3.63) is 0 Å². The smallest absolute Gasteiger partial charge is 0.160 e. The molecule has 0 rings (SSSR count). The molecule has 0 saturated heterocycles. The van der Waals surface area contributed by atoms with Gasteiger partial charge in [0.2, 0.25) is 0 Å². The molecule has 1 atom stereocenters. The lowest BCUT2D eigenvalue weighted by molar-refractivity contribution is 0.421. The van der Waals surface area contributed by atoms with Crippen LogP contribution < -0.4 is 0 Å². The first-order valence-corrected chi connectivity index (χ1v) is 4.74. The Labute approximate surface area is 80.4 Å². The van der Waals surface area contributed by atoms with Gasteiger partial charge in [-0.25, -0.2) is 0 Å². The summed E-state index contributed by atoms with van der Waals surface area (Å²) in [6.45, 7) is 7.76. The summed E-state index contributed by atoms with van der Waals surface area (Å²) in [5, 5.41) is -0.413. The summed E-state index contributed by atoms with van der Waals surface area (Å²) in [6.07, 6.45) is 0.804. The van der Waals surface area contributed by atoms with Crippen LogP contribution in [0, 0.1) is 5.92 Å². The van der Waals surface area contributed by atoms with E-state index >= 15 is 0 Å². The van der Waals surface area contributed by atoms with Crippen LogP contribution in [-0.4, -0.2) is 27.4 Å². The summed E-state index contributed by atoms with van der Waals surface area (Å²) in [5.74, 6) is 0.487. The van der Waals surface area contributed by atoms with E-state index in [1.807, 2.05) is 13.8 Å². The maximum Gasteiger partial charge on any atom is 0.511 e. The van der Waals surface area contributed by atoms with Crippen LogP contribution in [0.5, 0.6) is 0 Å². The van der Waals surface area contributed by atoms with Crippen molar-refractivity contribution >= 4 is 25.4 Å². The van der Waals surface area contributed by atoms with Crippen LogP contribution in [0.15, 0.2) is 0 Å². The normalized spacial score (nSPS) is 12.7. The summed E-state index contributed by atoms with van der Waals surface area (Å²) in [5.41, 5.74) is 0. The standard InChI is InChI=1S/C7H15O2P.Al.3H/c1-6(2)5-7(3,4)10(8)9;;;;/h6H,5H2,1-4H3;;;;/p+1. The molecule has 66 valence electrons. The first-order chi connectivity index (χ1) is 4.36. The molecular weight excluding hydrogens is 174 g/mol. The molecule has 0 bridgehead atoms. The third kappa shape index (κ3) is 5.82. The Bertz CT molecular complexity index is 134. The lowest BCUT2D eigenvalue weighted by Gasteiger charge is -2.12. The van der Waals surface area contributed by atoms with Gasteiger partial charge in [-0.05, 0) is 24.3 Å². The highest BCUT2D eigenvalue weighted by Crippen LogP contribution is 2.39. The van der Waals surface area contributed by atoms with Crippen LogP contribution in [0.2, 0.25) is 0 Å². The summed E-state index contributed by atoms with van der Waals surface area (Å²) in [6, 6.07) is 0. The first kappa shape index (κ1) is 14.1. The zero-order valence-corrected chi connectivity index (χ0v) is 7.98. The summed E-state index contributed by atoms with van der Waals surface area (Å²) in [7, 11) is -2.03. The predicted molar refractivity (Wildman–Crippen MR) is 53.3 cm³/mol. The zero-order chi connectivity index (χ0) is 8.36. The van der Waals surface area contributed by atoms with Gasteiger partial charge in [-0.15, -0.1) is 0 Å². The van der Waals surface area contributed by atoms with Gasteiger partial charge in [-0.2, -0.15) is 4.89 Å². The van der Waals surface area contributed by atoms with Gasteiger partial charge in [0.05, 0.1) is 0 Å². The molecule has 1 unspecified atom stereocenters. The second-order valence-electron chi connectivity index (χ2n) is 3.68. The van der Waals surface area contributed by atoms with E-state index in [1.165, 1.54) is 0 Å². The lowest BCUT2D eigenvalue weighted by atomic mass is 10.00. The molecule has 0 heterocycles. The molecule has 0 aromatic rings. The van der Waals surface area contributed by atoms with E-state index in [2.05, 4.69) is 13.8 Å². The molecule has 0 aromatic carbocycles. The molecule has 0 aliphatic heterocycles. The minimum absolute atomic E-state index is 0. The summed E-state index contributed by atoms with van der Waals surface area (Å²) >= 11 is 0. The Morgan fingerprint density at radius 3 is 1.91 bits per heavy atom. The highest BCUT2D eigenvalue weighted by atomic mass is 31.1. The molecule has 1 N–H and O–H groups in total. The Hall–Kier alpha value is 0.592. The number of hydrogen-bond acceptors (Lipinski definition) is 1. The minimum atomic E-state index is -2.03. The quantitative estimate of drug-likeness (QED) is 0.542. The van der Waals surface area contributed by atoms with Crippen LogP contribution in [0.1, 0.15) is 34.1 Å². The predicted octanol–water partition coefficient (Wildman–Crippen LogP) is 1.36. The Kier molecular flexibility index (Phi) is 6.78. The van der Waals surface area contributed by atoms with E-state index < -0.39 is 13.2 Å². The molecule has 0 aliphatic rings. The van der Waals surface area contributed by atoms with Gasteiger partial charge < -0.3 is 0 Å². The number of hydrogen-bond donors (Lipinski definition) is 1. The molecule has 4 heteroatoms. The van der Waals surface area contributed by atoms with E-state index in [1.54, 1.807) is 0 Å². The minimum Gasteiger partial charge on any atom is -0.160 e. The zero-order valence-electron chi connectivity index (χ0n) is 7.09. The topological polar surface area (TPSA) is 37.3 Å². The van der Waals surface area contributed by atoms with Gasteiger partial charge in [-0.3, -0.25) is 0 Å². The van der Waals surface area contributed by atoms with E-state index in [9.17, 15) is 4.57 Å². The maximum atomic E-state index is 10.7. The van der Waals surface area contributed by atoms with Gasteiger partial charge in [-0.1, -0.05) is 13.8 Å². The maximum absolute atomic E-state index is 10.7. The molecule has 0 aromatic heterocycles. The molecule has 0 fully saturated rings. The summed E-state index contributed by atoms with van der Waals surface area (Å²) < 4.78 is 10.7. The molecule has 0 radical (unpaired) electrons. The van der Waals surface area contributed by atoms with Crippen molar-refractivity contribution < 1.29 is 9.46 Å². The van der Waals surface area contributed by atoms with Gasteiger partial charge in [0.1, 0.15) is 0 Å². The average Bonchev–Trinajstić information content (AvgIpc) is 1.60. The van der Waals surface area contributed by atoms with Crippen LogP contribution in [0.4, 0.5) is 0 Å². The molecule has 0 spiro atoms. The van der Waals surface area contributed by atoms with Gasteiger partial charge in [0.25, 0.3) is 0 Å². The van der Waals surface area contributed by atoms with E-state index in [4.69, 9.17) is 4.89 Å². The Balaban J connectivity index is 0. The van der Waals surface area contributed by atoms with Crippen LogP contribution in [0.3, 0.4) is 0 Å². The fourth-order valence-electron chi connectivity index (χ4n) is 1.08. The second-order valence-corrected chi connectivity index (χ2v) is 5.44. The fraction of sp³-hybridized carbons (Fsp3) is 1.00. The van der Waals surface area contributed by atoms with E-state index in [0.717, 1.165) is 6.42 Å². The SMILES string of the molecule is CC(C)CC(C)(C)[P+](=O)O.[AlH3]. The van der Waals surface area contributed by atoms with Crippen molar-refractivity contribution in [2.45, 2.75) is 39.3 Å². The highest BCUT2D eigenvalue weighted by molar-refractivity contribution is 7.39. The molecular formula is C7H19AlO2P+. The molecule has 11 heavy (non-hydrogen) atoms. The third-order valence-corrected chi connectivity index (χ3v) is 2.64.